The molecule has 16 heavy (non-hydrogen) atoms. The van der Waals surface area contributed by atoms with Crippen LogP contribution in [0.2, 0.25) is 0 Å². The van der Waals surface area contributed by atoms with Crippen molar-refractivity contribution in [1.29, 1.82) is 0 Å². The van der Waals surface area contributed by atoms with Crippen LogP contribution < -0.4 is 5.32 Å². The molecule has 94 valence electrons. The summed E-state index contributed by atoms with van der Waals surface area (Å²) in [5.41, 5.74) is -0.630. The largest absolute Gasteiger partial charge is 0.389 e. The predicted molar refractivity (Wildman–Crippen MR) is 64.2 cm³/mol. The topological polar surface area (TPSA) is 52.6 Å². The first-order valence-corrected chi connectivity index (χ1v) is 6.17. The molecule has 0 aromatic carbocycles. The van der Waals surface area contributed by atoms with Crippen LogP contribution in [0.3, 0.4) is 0 Å². The van der Waals surface area contributed by atoms with Crippen molar-refractivity contribution in [2.75, 3.05) is 19.6 Å². The Morgan fingerprint density at radius 3 is 2.88 bits per heavy atom. The fourth-order valence-electron chi connectivity index (χ4n) is 2.08. The van der Waals surface area contributed by atoms with Gasteiger partial charge in [-0.05, 0) is 39.7 Å². The van der Waals surface area contributed by atoms with E-state index in [1.54, 1.807) is 0 Å². The van der Waals surface area contributed by atoms with E-state index in [4.69, 9.17) is 0 Å². The molecule has 2 unspecified atom stereocenters. The predicted octanol–water partition coefficient (Wildman–Crippen LogP) is 0.748. The molecule has 1 rings (SSSR count). The SMILES string of the molecule is CCC(C)NC(=O)CN1CCCC(C)(O)C1. The Balaban J connectivity index is 2.33. The smallest absolute Gasteiger partial charge is 0.234 e. The molecule has 0 radical (unpaired) electrons. The van der Waals surface area contributed by atoms with E-state index in [0.717, 1.165) is 25.8 Å². The van der Waals surface area contributed by atoms with Crippen molar-refractivity contribution < 1.29 is 9.90 Å². The summed E-state index contributed by atoms with van der Waals surface area (Å²) in [6.45, 7) is 7.80. The van der Waals surface area contributed by atoms with Gasteiger partial charge in [0.1, 0.15) is 0 Å². The molecule has 2 atom stereocenters. The van der Waals surface area contributed by atoms with Crippen LogP contribution in [-0.2, 0) is 4.79 Å². The molecule has 0 aliphatic carbocycles. The Hall–Kier alpha value is -0.610. The van der Waals surface area contributed by atoms with Gasteiger partial charge in [-0.3, -0.25) is 9.69 Å². The van der Waals surface area contributed by atoms with Gasteiger partial charge in [-0.1, -0.05) is 6.92 Å². The van der Waals surface area contributed by atoms with E-state index in [-0.39, 0.29) is 11.9 Å². The average molecular weight is 228 g/mol. The van der Waals surface area contributed by atoms with Gasteiger partial charge in [-0.15, -0.1) is 0 Å². The number of rotatable bonds is 4. The van der Waals surface area contributed by atoms with Gasteiger partial charge in [0.25, 0.3) is 0 Å². The number of nitrogens with one attached hydrogen (secondary N) is 1. The van der Waals surface area contributed by atoms with Gasteiger partial charge in [0.05, 0.1) is 12.1 Å². The van der Waals surface area contributed by atoms with Gasteiger partial charge in [-0.2, -0.15) is 0 Å². The van der Waals surface area contributed by atoms with Crippen molar-refractivity contribution in [3.05, 3.63) is 0 Å². The minimum atomic E-state index is -0.630. The van der Waals surface area contributed by atoms with E-state index in [1.165, 1.54) is 0 Å². The quantitative estimate of drug-likeness (QED) is 0.746. The van der Waals surface area contributed by atoms with Crippen molar-refractivity contribution in [3.8, 4) is 0 Å². The maximum Gasteiger partial charge on any atom is 0.234 e. The Bertz CT molecular complexity index is 241. The zero-order valence-electron chi connectivity index (χ0n) is 10.6. The van der Waals surface area contributed by atoms with E-state index >= 15 is 0 Å². The molecular formula is C12H24N2O2. The molecule has 1 heterocycles. The molecule has 4 nitrogen and oxygen atoms in total. The third kappa shape index (κ3) is 4.49. The molecule has 4 heteroatoms. The number of piperidine rings is 1. The molecule has 1 saturated heterocycles. The second-order valence-electron chi connectivity index (χ2n) is 5.19. The van der Waals surface area contributed by atoms with E-state index in [1.807, 2.05) is 18.7 Å². The molecule has 0 spiro atoms. The lowest BCUT2D eigenvalue weighted by atomic mass is 9.95. The van der Waals surface area contributed by atoms with Crippen LogP contribution >= 0.6 is 0 Å². The summed E-state index contributed by atoms with van der Waals surface area (Å²) in [6.07, 6.45) is 2.74. The molecule has 0 saturated carbocycles. The highest BCUT2D eigenvalue weighted by atomic mass is 16.3. The summed E-state index contributed by atoms with van der Waals surface area (Å²) in [4.78, 5) is 13.7. The number of hydrogen-bond donors (Lipinski definition) is 2. The van der Waals surface area contributed by atoms with Crippen molar-refractivity contribution in [2.45, 2.75) is 51.7 Å². The lowest BCUT2D eigenvalue weighted by molar-refractivity contribution is -0.124. The van der Waals surface area contributed by atoms with Crippen molar-refractivity contribution in [1.82, 2.24) is 10.2 Å². The molecule has 0 aromatic heterocycles. The number of carbonyl (C=O) groups excluding carboxylic acids is 1. The van der Waals surface area contributed by atoms with Gasteiger partial charge in [0.15, 0.2) is 0 Å². The molecular weight excluding hydrogens is 204 g/mol. The van der Waals surface area contributed by atoms with E-state index in [2.05, 4.69) is 12.2 Å². The highest BCUT2D eigenvalue weighted by Gasteiger charge is 2.29. The first kappa shape index (κ1) is 13.5. The highest BCUT2D eigenvalue weighted by molar-refractivity contribution is 5.78. The number of aliphatic hydroxyl groups is 1. The van der Waals surface area contributed by atoms with Gasteiger partial charge in [0.2, 0.25) is 5.91 Å². The molecule has 1 aliphatic heterocycles. The van der Waals surface area contributed by atoms with E-state index in [0.29, 0.717) is 13.1 Å². The summed E-state index contributed by atoms with van der Waals surface area (Å²) in [6, 6.07) is 0.234. The molecule has 1 fully saturated rings. The zero-order chi connectivity index (χ0) is 12.2. The third-order valence-electron chi connectivity index (χ3n) is 3.14. The second-order valence-corrected chi connectivity index (χ2v) is 5.19. The summed E-state index contributed by atoms with van der Waals surface area (Å²) >= 11 is 0. The Morgan fingerprint density at radius 2 is 2.31 bits per heavy atom. The highest BCUT2D eigenvalue weighted by Crippen LogP contribution is 2.19. The van der Waals surface area contributed by atoms with Crippen LogP contribution in [0.4, 0.5) is 0 Å². The van der Waals surface area contributed by atoms with Crippen LogP contribution in [0.25, 0.3) is 0 Å². The first-order valence-electron chi connectivity index (χ1n) is 6.17. The number of likely N-dealkylation sites (tertiary alicyclic amines) is 1. The normalized spacial score (nSPS) is 28.8. The van der Waals surface area contributed by atoms with Crippen LogP contribution in [-0.4, -0.2) is 47.2 Å². The molecule has 1 aliphatic rings. The van der Waals surface area contributed by atoms with Crippen LogP contribution in [0, 0.1) is 0 Å². The van der Waals surface area contributed by atoms with Crippen LogP contribution in [0.15, 0.2) is 0 Å². The summed E-state index contributed by atoms with van der Waals surface area (Å²) in [5, 5.41) is 12.9. The molecule has 0 bridgehead atoms. The van der Waals surface area contributed by atoms with Gasteiger partial charge >= 0.3 is 0 Å². The number of carbonyl (C=O) groups is 1. The summed E-state index contributed by atoms with van der Waals surface area (Å²) < 4.78 is 0. The fourth-order valence-corrected chi connectivity index (χ4v) is 2.08. The molecule has 1 amide bonds. The van der Waals surface area contributed by atoms with Crippen molar-refractivity contribution in [2.24, 2.45) is 0 Å². The van der Waals surface area contributed by atoms with Gasteiger partial charge in [-0.25, -0.2) is 0 Å². The monoisotopic (exact) mass is 228 g/mol. The van der Waals surface area contributed by atoms with E-state index in [9.17, 15) is 9.90 Å². The maximum absolute atomic E-state index is 11.7. The van der Waals surface area contributed by atoms with Gasteiger partial charge in [0, 0.05) is 12.6 Å². The Kier molecular flexibility index (Phi) is 4.74. The average Bonchev–Trinajstić information content (AvgIpc) is 2.15. The Morgan fingerprint density at radius 1 is 1.62 bits per heavy atom. The minimum Gasteiger partial charge on any atom is -0.389 e. The molecule has 0 aromatic rings. The third-order valence-corrected chi connectivity index (χ3v) is 3.14. The van der Waals surface area contributed by atoms with Crippen LogP contribution in [0.1, 0.15) is 40.0 Å². The summed E-state index contributed by atoms with van der Waals surface area (Å²) in [7, 11) is 0. The number of nitrogens with zero attached hydrogens (tertiary/aromatic N) is 1. The minimum absolute atomic E-state index is 0.0621. The number of amides is 1. The van der Waals surface area contributed by atoms with Crippen molar-refractivity contribution in [3.63, 3.8) is 0 Å². The lowest BCUT2D eigenvalue weighted by Gasteiger charge is -2.36. The number of hydrogen-bond acceptors (Lipinski definition) is 3. The number of β-amino-alcohol motifs (C(OH)–C–C–N with tert-alkyl or cyclic N) is 1. The second kappa shape index (κ2) is 5.64. The van der Waals surface area contributed by atoms with E-state index < -0.39 is 5.60 Å². The maximum atomic E-state index is 11.7. The van der Waals surface area contributed by atoms with Crippen LogP contribution in [0.5, 0.6) is 0 Å². The molecule has 2 N–H and O–H groups in total. The van der Waals surface area contributed by atoms with Crippen molar-refractivity contribution >= 4 is 5.91 Å². The Labute approximate surface area is 98.0 Å². The first-order chi connectivity index (χ1) is 7.43. The standard InChI is InChI=1S/C12H24N2O2/c1-4-10(2)13-11(15)8-14-7-5-6-12(3,16)9-14/h10,16H,4-9H2,1-3H3,(H,13,15). The summed E-state index contributed by atoms with van der Waals surface area (Å²) in [5.74, 6) is 0.0621. The van der Waals surface area contributed by atoms with Gasteiger partial charge < -0.3 is 10.4 Å². The fraction of sp³-hybridized carbons (Fsp3) is 0.917. The lowest BCUT2D eigenvalue weighted by Crippen LogP contribution is -2.50. The zero-order valence-corrected chi connectivity index (χ0v) is 10.6.